The summed E-state index contributed by atoms with van der Waals surface area (Å²) >= 11 is 0. The lowest BCUT2D eigenvalue weighted by molar-refractivity contribution is -0.112. The Morgan fingerprint density at radius 3 is 2.50 bits per heavy atom. The standard InChI is InChI=1S/C16H27NO/c1-10-5-6-11-13(10)14-12(15(14,2)3)7-8-16(11,4)17-9-18/h9-14H,5-8H2,1-4H3,(H,17,18)/t10-,11+,12-,13-,14-,16-/m1/s1. The van der Waals surface area contributed by atoms with Crippen LogP contribution in [0.3, 0.4) is 0 Å². The lowest BCUT2D eigenvalue weighted by atomic mass is 9.72. The molecule has 0 aromatic rings. The highest BCUT2D eigenvalue weighted by Crippen LogP contribution is 2.71. The SMILES string of the molecule is C[C@@H]1CC[C@H]2[C@@H]1[C@H]1[C@@H](CC[C@@]2(C)NC=O)C1(C)C. The maximum atomic E-state index is 11.0. The summed E-state index contributed by atoms with van der Waals surface area (Å²) in [6, 6.07) is 0. The van der Waals surface area contributed by atoms with Crippen molar-refractivity contribution in [3.8, 4) is 0 Å². The maximum absolute atomic E-state index is 11.0. The number of hydrogen-bond acceptors (Lipinski definition) is 1. The van der Waals surface area contributed by atoms with Crippen molar-refractivity contribution in [3.05, 3.63) is 0 Å². The largest absolute Gasteiger partial charge is 0.353 e. The second-order valence-corrected chi connectivity index (χ2v) is 7.91. The van der Waals surface area contributed by atoms with Crippen LogP contribution in [0.1, 0.15) is 53.4 Å². The van der Waals surface area contributed by atoms with Gasteiger partial charge in [-0.25, -0.2) is 0 Å². The van der Waals surface area contributed by atoms with Crippen LogP contribution < -0.4 is 5.32 Å². The van der Waals surface area contributed by atoms with Crippen LogP contribution in [0, 0.1) is 35.0 Å². The molecule has 0 saturated heterocycles. The van der Waals surface area contributed by atoms with E-state index in [-0.39, 0.29) is 5.54 Å². The summed E-state index contributed by atoms with van der Waals surface area (Å²) in [7, 11) is 0. The fourth-order valence-corrected chi connectivity index (χ4v) is 5.63. The molecule has 102 valence electrons. The van der Waals surface area contributed by atoms with E-state index in [2.05, 4.69) is 33.0 Å². The van der Waals surface area contributed by atoms with Gasteiger partial charge in [0.25, 0.3) is 0 Å². The molecule has 0 radical (unpaired) electrons. The van der Waals surface area contributed by atoms with Crippen LogP contribution in [0.2, 0.25) is 0 Å². The molecule has 0 spiro atoms. The molecule has 2 nitrogen and oxygen atoms in total. The van der Waals surface area contributed by atoms with Gasteiger partial charge < -0.3 is 5.32 Å². The second kappa shape index (κ2) is 3.74. The Morgan fingerprint density at radius 1 is 1.11 bits per heavy atom. The third-order valence-corrected chi connectivity index (χ3v) is 6.79. The zero-order chi connectivity index (χ0) is 13.1. The van der Waals surface area contributed by atoms with Gasteiger partial charge in [-0.1, -0.05) is 27.2 Å². The van der Waals surface area contributed by atoms with Gasteiger partial charge in [0.05, 0.1) is 0 Å². The van der Waals surface area contributed by atoms with Crippen LogP contribution in [0.25, 0.3) is 0 Å². The minimum Gasteiger partial charge on any atom is -0.353 e. The molecule has 0 aromatic heterocycles. The van der Waals surface area contributed by atoms with Gasteiger partial charge >= 0.3 is 0 Å². The smallest absolute Gasteiger partial charge is 0.207 e. The Hall–Kier alpha value is -0.530. The van der Waals surface area contributed by atoms with Gasteiger partial charge in [0, 0.05) is 5.54 Å². The number of hydrogen-bond donors (Lipinski definition) is 1. The highest BCUT2D eigenvalue weighted by molar-refractivity contribution is 5.48. The molecule has 3 rings (SSSR count). The molecule has 1 N–H and O–H groups in total. The number of nitrogens with one attached hydrogen (secondary N) is 1. The van der Waals surface area contributed by atoms with Gasteiger partial charge in [0.1, 0.15) is 0 Å². The topological polar surface area (TPSA) is 29.1 Å². The van der Waals surface area contributed by atoms with Crippen LogP contribution in [0.5, 0.6) is 0 Å². The summed E-state index contributed by atoms with van der Waals surface area (Å²) in [6.45, 7) is 9.64. The molecule has 3 aliphatic rings. The summed E-state index contributed by atoms with van der Waals surface area (Å²) in [5.41, 5.74) is 0.616. The van der Waals surface area contributed by atoms with Crippen molar-refractivity contribution in [1.29, 1.82) is 0 Å². The van der Waals surface area contributed by atoms with Crippen molar-refractivity contribution in [2.24, 2.45) is 35.0 Å². The minimum atomic E-state index is 0.0562. The maximum Gasteiger partial charge on any atom is 0.207 e. The van der Waals surface area contributed by atoms with Crippen molar-refractivity contribution < 1.29 is 4.79 Å². The van der Waals surface area contributed by atoms with Crippen LogP contribution in [-0.2, 0) is 4.79 Å². The molecule has 3 saturated carbocycles. The number of fused-ring (bicyclic) bond motifs is 3. The third-order valence-electron chi connectivity index (χ3n) is 6.79. The van der Waals surface area contributed by atoms with Crippen molar-refractivity contribution >= 4 is 6.41 Å². The van der Waals surface area contributed by atoms with E-state index in [1.807, 2.05) is 0 Å². The van der Waals surface area contributed by atoms with Crippen molar-refractivity contribution in [3.63, 3.8) is 0 Å². The third kappa shape index (κ3) is 1.50. The quantitative estimate of drug-likeness (QED) is 0.748. The first-order valence-electron chi connectivity index (χ1n) is 7.63. The van der Waals surface area contributed by atoms with E-state index in [0.717, 1.165) is 30.1 Å². The molecule has 2 heteroatoms. The zero-order valence-corrected chi connectivity index (χ0v) is 12.2. The molecule has 0 aliphatic heterocycles. The van der Waals surface area contributed by atoms with Crippen molar-refractivity contribution in [1.82, 2.24) is 5.32 Å². The molecular formula is C16H27NO. The zero-order valence-electron chi connectivity index (χ0n) is 12.2. The summed E-state index contributed by atoms with van der Waals surface area (Å²) in [4.78, 5) is 11.0. The van der Waals surface area contributed by atoms with E-state index in [9.17, 15) is 4.79 Å². The van der Waals surface area contributed by atoms with Crippen LogP contribution in [-0.4, -0.2) is 11.9 Å². The Kier molecular flexibility index (Phi) is 2.60. The van der Waals surface area contributed by atoms with Gasteiger partial charge in [0.15, 0.2) is 0 Å². The average Bonchev–Trinajstić information content (AvgIpc) is 2.65. The predicted molar refractivity (Wildman–Crippen MR) is 73.0 cm³/mol. The van der Waals surface area contributed by atoms with Crippen LogP contribution in [0.15, 0.2) is 0 Å². The number of carbonyl (C=O) groups excluding carboxylic acids is 1. The highest BCUT2D eigenvalue weighted by atomic mass is 16.1. The number of rotatable bonds is 2. The van der Waals surface area contributed by atoms with Crippen molar-refractivity contribution in [2.45, 2.75) is 58.9 Å². The first-order valence-corrected chi connectivity index (χ1v) is 7.63. The lowest BCUT2D eigenvalue weighted by Crippen LogP contribution is -2.49. The molecule has 3 aliphatic carbocycles. The fourth-order valence-electron chi connectivity index (χ4n) is 5.63. The van der Waals surface area contributed by atoms with Gasteiger partial charge in [0.2, 0.25) is 6.41 Å². The molecule has 3 fully saturated rings. The van der Waals surface area contributed by atoms with Crippen LogP contribution in [0.4, 0.5) is 0 Å². The Morgan fingerprint density at radius 2 is 1.83 bits per heavy atom. The first-order chi connectivity index (χ1) is 8.42. The Bertz CT molecular complexity index is 364. The second-order valence-electron chi connectivity index (χ2n) is 7.91. The van der Waals surface area contributed by atoms with Gasteiger partial charge in [-0.3, -0.25) is 4.79 Å². The van der Waals surface area contributed by atoms with E-state index in [1.165, 1.54) is 25.7 Å². The normalized spacial score (nSPS) is 53.0. The first kappa shape index (κ1) is 12.5. The lowest BCUT2D eigenvalue weighted by Gasteiger charge is -2.39. The number of amides is 1. The van der Waals surface area contributed by atoms with E-state index >= 15 is 0 Å². The monoisotopic (exact) mass is 249 g/mol. The van der Waals surface area contributed by atoms with E-state index in [1.54, 1.807) is 0 Å². The Balaban J connectivity index is 1.92. The highest BCUT2D eigenvalue weighted by Gasteiger charge is 2.66. The molecule has 6 atom stereocenters. The molecule has 0 bridgehead atoms. The fraction of sp³-hybridized carbons (Fsp3) is 0.938. The summed E-state index contributed by atoms with van der Waals surface area (Å²) in [6.07, 6.45) is 6.06. The average molecular weight is 249 g/mol. The van der Waals surface area contributed by atoms with Gasteiger partial charge in [-0.2, -0.15) is 0 Å². The molecular weight excluding hydrogens is 222 g/mol. The molecule has 0 unspecified atom stereocenters. The Labute approximate surface area is 111 Å². The molecule has 18 heavy (non-hydrogen) atoms. The summed E-state index contributed by atoms with van der Waals surface area (Å²) in [5.74, 6) is 4.20. The summed E-state index contributed by atoms with van der Waals surface area (Å²) in [5, 5.41) is 3.18. The van der Waals surface area contributed by atoms with Crippen LogP contribution >= 0.6 is 0 Å². The van der Waals surface area contributed by atoms with E-state index in [4.69, 9.17) is 0 Å². The van der Waals surface area contributed by atoms with Crippen molar-refractivity contribution in [2.75, 3.05) is 0 Å². The number of carbonyl (C=O) groups is 1. The molecule has 1 amide bonds. The van der Waals surface area contributed by atoms with E-state index < -0.39 is 0 Å². The predicted octanol–water partition coefficient (Wildman–Crippen LogP) is 3.22. The van der Waals surface area contributed by atoms with Gasteiger partial charge in [-0.15, -0.1) is 0 Å². The summed E-state index contributed by atoms with van der Waals surface area (Å²) < 4.78 is 0. The minimum absolute atomic E-state index is 0.0562. The van der Waals surface area contributed by atoms with Gasteiger partial charge in [-0.05, 0) is 61.2 Å². The van der Waals surface area contributed by atoms with E-state index in [0.29, 0.717) is 11.3 Å². The molecule has 0 aromatic carbocycles. The molecule has 0 heterocycles.